The Labute approximate surface area is 68.6 Å². The summed E-state index contributed by atoms with van der Waals surface area (Å²) in [5, 5.41) is 0.982. The fourth-order valence-corrected chi connectivity index (χ4v) is 0.873. The van der Waals surface area contributed by atoms with Crippen molar-refractivity contribution < 1.29 is 0 Å². The summed E-state index contributed by atoms with van der Waals surface area (Å²) in [7, 11) is 0. The van der Waals surface area contributed by atoms with Crippen molar-refractivity contribution in [3.8, 4) is 0 Å². The summed E-state index contributed by atoms with van der Waals surface area (Å²) < 4.78 is 0. The monoisotopic (exact) mass is 158 g/mol. The lowest BCUT2D eigenvalue weighted by Crippen LogP contribution is -1.83. The van der Waals surface area contributed by atoms with Crippen LogP contribution in [0.2, 0.25) is 0 Å². The normalized spacial score (nSPS) is 16.4. The van der Waals surface area contributed by atoms with Crippen LogP contribution in [0.4, 0.5) is 0 Å². The summed E-state index contributed by atoms with van der Waals surface area (Å²) in [6.45, 7) is 6.12. The summed E-state index contributed by atoms with van der Waals surface area (Å²) in [4.78, 5) is 0. The molecule has 0 fully saturated rings. The molecule has 0 aromatic carbocycles. The quantitative estimate of drug-likeness (QED) is 0.502. The SMILES string of the molecule is CC.CC1=CC=C(Cl)CC1. The zero-order valence-corrected chi connectivity index (χ0v) is 7.70. The van der Waals surface area contributed by atoms with E-state index in [2.05, 4.69) is 13.0 Å². The van der Waals surface area contributed by atoms with Crippen LogP contribution in [0, 0.1) is 0 Å². The highest BCUT2D eigenvalue weighted by Gasteiger charge is 1.97. The van der Waals surface area contributed by atoms with Gasteiger partial charge in [0.1, 0.15) is 0 Å². The minimum absolute atomic E-state index is 0.982. The number of halogens is 1. The molecule has 0 unspecified atom stereocenters. The molecule has 0 saturated heterocycles. The van der Waals surface area contributed by atoms with Gasteiger partial charge in [0.15, 0.2) is 0 Å². The third kappa shape index (κ3) is 3.73. The Morgan fingerprint density at radius 2 is 1.80 bits per heavy atom. The van der Waals surface area contributed by atoms with Crippen LogP contribution in [0.1, 0.15) is 33.6 Å². The van der Waals surface area contributed by atoms with Crippen LogP contribution in [-0.4, -0.2) is 0 Å². The fourth-order valence-electron chi connectivity index (χ4n) is 0.716. The second kappa shape index (κ2) is 5.55. The highest BCUT2D eigenvalue weighted by atomic mass is 35.5. The molecule has 1 aliphatic rings. The smallest absolute Gasteiger partial charge is 0.0184 e. The Balaban J connectivity index is 0.000000371. The van der Waals surface area contributed by atoms with E-state index in [4.69, 9.17) is 11.6 Å². The molecule has 58 valence electrons. The maximum atomic E-state index is 5.70. The third-order valence-electron chi connectivity index (χ3n) is 1.31. The topological polar surface area (TPSA) is 0 Å². The van der Waals surface area contributed by atoms with Crippen LogP contribution in [0.15, 0.2) is 22.8 Å². The fraction of sp³-hybridized carbons (Fsp3) is 0.556. The molecule has 0 bridgehead atoms. The van der Waals surface area contributed by atoms with E-state index in [1.165, 1.54) is 5.57 Å². The van der Waals surface area contributed by atoms with Gasteiger partial charge in [-0.05, 0) is 25.8 Å². The predicted octanol–water partition coefficient (Wildman–Crippen LogP) is 3.88. The molecular weight excluding hydrogens is 144 g/mol. The molecule has 1 heteroatoms. The van der Waals surface area contributed by atoms with Gasteiger partial charge in [-0.15, -0.1) is 0 Å². The molecule has 0 atom stereocenters. The molecular formula is C9H15Cl. The Morgan fingerprint density at radius 3 is 2.10 bits per heavy atom. The Hall–Kier alpha value is -0.230. The van der Waals surface area contributed by atoms with E-state index in [-0.39, 0.29) is 0 Å². The first kappa shape index (κ1) is 9.77. The van der Waals surface area contributed by atoms with E-state index >= 15 is 0 Å². The van der Waals surface area contributed by atoms with Crippen molar-refractivity contribution in [2.45, 2.75) is 33.6 Å². The van der Waals surface area contributed by atoms with Crippen LogP contribution < -0.4 is 0 Å². The van der Waals surface area contributed by atoms with E-state index in [9.17, 15) is 0 Å². The van der Waals surface area contributed by atoms with Gasteiger partial charge in [-0.3, -0.25) is 0 Å². The highest BCUT2D eigenvalue weighted by molar-refractivity contribution is 6.29. The van der Waals surface area contributed by atoms with Gasteiger partial charge >= 0.3 is 0 Å². The summed E-state index contributed by atoms with van der Waals surface area (Å²) in [5.74, 6) is 0. The molecule has 0 amide bonds. The molecule has 0 saturated carbocycles. The van der Waals surface area contributed by atoms with Gasteiger partial charge in [0, 0.05) is 5.03 Å². The Morgan fingerprint density at radius 1 is 1.20 bits per heavy atom. The molecule has 10 heavy (non-hydrogen) atoms. The van der Waals surface area contributed by atoms with Gasteiger partial charge in [0.2, 0.25) is 0 Å². The van der Waals surface area contributed by atoms with Gasteiger partial charge in [-0.1, -0.05) is 37.1 Å². The van der Waals surface area contributed by atoms with Crippen LogP contribution in [0.25, 0.3) is 0 Å². The predicted molar refractivity (Wildman–Crippen MR) is 48.3 cm³/mol. The maximum absolute atomic E-state index is 5.70. The lowest BCUT2D eigenvalue weighted by molar-refractivity contribution is 0.947. The minimum Gasteiger partial charge on any atom is -0.0891 e. The summed E-state index contributed by atoms with van der Waals surface area (Å²) in [6.07, 6.45) is 6.21. The number of hydrogen-bond donors (Lipinski definition) is 0. The zero-order valence-electron chi connectivity index (χ0n) is 6.95. The number of hydrogen-bond acceptors (Lipinski definition) is 0. The van der Waals surface area contributed by atoms with E-state index in [0.717, 1.165) is 17.9 Å². The van der Waals surface area contributed by atoms with Crippen molar-refractivity contribution >= 4 is 11.6 Å². The highest BCUT2D eigenvalue weighted by Crippen LogP contribution is 2.19. The Kier molecular flexibility index (Phi) is 5.42. The van der Waals surface area contributed by atoms with Crippen molar-refractivity contribution in [1.82, 2.24) is 0 Å². The van der Waals surface area contributed by atoms with Crippen LogP contribution >= 0.6 is 11.6 Å². The first-order valence-electron chi connectivity index (χ1n) is 3.81. The van der Waals surface area contributed by atoms with Crippen LogP contribution in [0.5, 0.6) is 0 Å². The van der Waals surface area contributed by atoms with Crippen molar-refractivity contribution in [2.75, 3.05) is 0 Å². The summed E-state index contributed by atoms with van der Waals surface area (Å²) in [5.41, 5.74) is 1.43. The molecule has 0 nitrogen and oxygen atoms in total. The first-order valence-corrected chi connectivity index (χ1v) is 4.18. The van der Waals surface area contributed by atoms with Gasteiger partial charge in [-0.25, -0.2) is 0 Å². The minimum atomic E-state index is 0.982. The molecule has 0 heterocycles. The molecule has 0 spiro atoms. The van der Waals surface area contributed by atoms with E-state index < -0.39 is 0 Å². The number of rotatable bonds is 0. The average molecular weight is 159 g/mol. The zero-order chi connectivity index (χ0) is 7.98. The van der Waals surface area contributed by atoms with Crippen LogP contribution in [0.3, 0.4) is 0 Å². The average Bonchev–Trinajstić information content (AvgIpc) is 2.00. The molecule has 0 aromatic heterocycles. The number of allylic oxidation sites excluding steroid dienone is 4. The second-order valence-corrected chi connectivity index (χ2v) is 2.61. The summed E-state index contributed by atoms with van der Waals surface area (Å²) >= 11 is 5.70. The van der Waals surface area contributed by atoms with Crippen molar-refractivity contribution in [1.29, 1.82) is 0 Å². The molecule has 0 radical (unpaired) electrons. The van der Waals surface area contributed by atoms with Gasteiger partial charge in [-0.2, -0.15) is 0 Å². The van der Waals surface area contributed by atoms with Crippen molar-refractivity contribution in [2.24, 2.45) is 0 Å². The standard InChI is InChI=1S/C7H9Cl.C2H6/c1-6-2-4-7(8)5-3-6;1-2/h2,4H,3,5H2,1H3;1-2H3. The second-order valence-electron chi connectivity index (χ2n) is 2.13. The molecule has 0 aromatic rings. The first-order chi connectivity index (χ1) is 4.79. The lowest BCUT2D eigenvalue weighted by Gasteiger charge is -2.03. The van der Waals surface area contributed by atoms with Gasteiger partial charge in [0.05, 0.1) is 0 Å². The molecule has 1 rings (SSSR count). The summed E-state index contributed by atoms with van der Waals surface area (Å²) in [6, 6.07) is 0. The maximum Gasteiger partial charge on any atom is 0.0184 e. The molecule has 0 N–H and O–H groups in total. The van der Waals surface area contributed by atoms with Crippen molar-refractivity contribution in [3.63, 3.8) is 0 Å². The van der Waals surface area contributed by atoms with E-state index in [1.54, 1.807) is 0 Å². The van der Waals surface area contributed by atoms with Gasteiger partial charge < -0.3 is 0 Å². The Bertz CT molecular complexity index is 125. The van der Waals surface area contributed by atoms with Crippen LogP contribution in [-0.2, 0) is 0 Å². The third-order valence-corrected chi connectivity index (χ3v) is 1.62. The molecule has 0 aliphatic heterocycles. The molecule has 1 aliphatic carbocycles. The van der Waals surface area contributed by atoms with E-state index in [1.807, 2.05) is 19.9 Å². The largest absolute Gasteiger partial charge is 0.0891 e. The lowest BCUT2D eigenvalue weighted by atomic mass is 10.1. The van der Waals surface area contributed by atoms with E-state index in [0.29, 0.717) is 0 Å². The van der Waals surface area contributed by atoms with Gasteiger partial charge in [0.25, 0.3) is 0 Å². The van der Waals surface area contributed by atoms with Crippen molar-refractivity contribution in [3.05, 3.63) is 22.8 Å².